The van der Waals surface area contributed by atoms with Gasteiger partial charge in [0.25, 0.3) is 5.69 Å². The van der Waals surface area contributed by atoms with Gasteiger partial charge in [0.15, 0.2) is 5.78 Å². The number of nitrogens with one attached hydrogen (secondary N) is 1. The van der Waals surface area contributed by atoms with E-state index in [1.54, 1.807) is 18.2 Å². The number of thioether (sulfide) groups is 1. The van der Waals surface area contributed by atoms with Gasteiger partial charge in [-0.25, -0.2) is 5.10 Å². The lowest BCUT2D eigenvalue weighted by molar-refractivity contribution is -0.384. The molecule has 2 aromatic heterocycles. The Balaban J connectivity index is 1.86. The second-order valence-corrected chi connectivity index (χ2v) is 6.55. The van der Waals surface area contributed by atoms with Crippen molar-refractivity contribution < 1.29 is 9.72 Å². The van der Waals surface area contributed by atoms with Gasteiger partial charge in [-0.2, -0.15) is 4.98 Å². The summed E-state index contributed by atoms with van der Waals surface area (Å²) in [7, 11) is 0. The summed E-state index contributed by atoms with van der Waals surface area (Å²) in [5.74, 6) is 0.281. The molecular weight excluding hydrogens is 356 g/mol. The van der Waals surface area contributed by atoms with E-state index in [1.165, 1.54) is 23.9 Å². The molecule has 26 heavy (non-hydrogen) atoms. The van der Waals surface area contributed by atoms with Crippen LogP contribution in [0.5, 0.6) is 0 Å². The lowest BCUT2D eigenvalue weighted by Gasteiger charge is -2.09. The zero-order valence-electron chi connectivity index (χ0n) is 14.1. The molecule has 0 atom stereocenters. The zero-order valence-corrected chi connectivity index (χ0v) is 14.9. The maximum Gasteiger partial charge on any atom is 0.271 e. The molecule has 0 saturated carbocycles. The third-order valence-corrected chi connectivity index (χ3v) is 4.69. The number of nitrogen functional groups attached to an aromatic ring is 1. The van der Waals surface area contributed by atoms with Crippen LogP contribution in [0.3, 0.4) is 0 Å². The van der Waals surface area contributed by atoms with Gasteiger partial charge in [0.1, 0.15) is 0 Å². The molecule has 0 radical (unpaired) electrons. The Labute approximate surface area is 152 Å². The van der Waals surface area contributed by atoms with Crippen molar-refractivity contribution in [3.63, 3.8) is 0 Å². The van der Waals surface area contributed by atoms with Crippen LogP contribution in [0.25, 0.3) is 5.69 Å². The summed E-state index contributed by atoms with van der Waals surface area (Å²) in [5, 5.41) is 17.8. The number of hydrogen-bond donors (Lipinski definition) is 2. The second-order valence-electron chi connectivity index (χ2n) is 5.61. The zero-order chi connectivity index (χ0) is 18.8. The number of nitro groups is 1. The van der Waals surface area contributed by atoms with E-state index in [0.717, 1.165) is 11.4 Å². The minimum atomic E-state index is -0.442. The standard InChI is InChI=1S/C16H16N6O3S/c1-9-6-13(14(23)8-26-16-18-15(17)19-20-16)10(2)21(9)11-4-3-5-12(7-11)22(24)25/h3-7H,8H2,1-2H3,(H3,17,18,19,20). The molecule has 3 N–H and O–H groups in total. The van der Waals surface area contributed by atoms with Crippen LogP contribution >= 0.6 is 11.8 Å². The number of anilines is 1. The Bertz CT molecular complexity index is 994. The van der Waals surface area contributed by atoms with Crippen LogP contribution in [-0.2, 0) is 0 Å². The van der Waals surface area contributed by atoms with Gasteiger partial charge in [0, 0.05) is 29.1 Å². The molecule has 3 rings (SSSR count). The molecule has 0 aliphatic heterocycles. The van der Waals surface area contributed by atoms with Crippen molar-refractivity contribution in [2.75, 3.05) is 11.5 Å². The predicted molar refractivity (Wildman–Crippen MR) is 97.7 cm³/mol. The molecular formula is C16H16N6O3S. The third kappa shape index (κ3) is 3.45. The summed E-state index contributed by atoms with van der Waals surface area (Å²) in [5.41, 5.74) is 8.21. The lowest BCUT2D eigenvalue weighted by Crippen LogP contribution is -2.06. The first-order chi connectivity index (χ1) is 12.4. The molecule has 1 aromatic carbocycles. The lowest BCUT2D eigenvalue weighted by atomic mass is 10.2. The minimum Gasteiger partial charge on any atom is -0.368 e. The average Bonchev–Trinajstić information content (AvgIpc) is 3.15. The fraction of sp³-hybridized carbons (Fsp3) is 0.188. The Kier molecular flexibility index (Phi) is 4.76. The van der Waals surface area contributed by atoms with Crippen molar-refractivity contribution in [3.8, 4) is 5.69 Å². The molecule has 9 nitrogen and oxygen atoms in total. The van der Waals surface area contributed by atoms with E-state index in [0.29, 0.717) is 16.4 Å². The number of ketones is 1. The number of nitro benzene ring substituents is 1. The topological polar surface area (TPSA) is 133 Å². The number of aromatic amines is 1. The van der Waals surface area contributed by atoms with Crippen molar-refractivity contribution in [2.45, 2.75) is 19.0 Å². The molecule has 3 aromatic rings. The van der Waals surface area contributed by atoms with E-state index in [2.05, 4.69) is 15.2 Å². The third-order valence-electron chi connectivity index (χ3n) is 3.84. The van der Waals surface area contributed by atoms with Gasteiger partial charge < -0.3 is 10.3 Å². The van der Waals surface area contributed by atoms with Gasteiger partial charge in [-0.15, -0.1) is 5.10 Å². The summed E-state index contributed by atoms with van der Waals surface area (Å²) < 4.78 is 1.83. The molecule has 0 aliphatic rings. The van der Waals surface area contributed by atoms with Gasteiger partial charge in [-0.1, -0.05) is 17.8 Å². The van der Waals surface area contributed by atoms with Gasteiger partial charge in [-0.3, -0.25) is 14.9 Å². The highest BCUT2D eigenvalue weighted by molar-refractivity contribution is 7.99. The van der Waals surface area contributed by atoms with E-state index < -0.39 is 4.92 Å². The number of carbonyl (C=O) groups is 1. The van der Waals surface area contributed by atoms with Gasteiger partial charge in [0.05, 0.1) is 16.4 Å². The SMILES string of the molecule is Cc1cc(C(=O)CSc2n[nH]c(N)n2)c(C)n1-c1cccc([N+](=O)[O-])c1. The molecule has 0 fully saturated rings. The summed E-state index contributed by atoms with van der Waals surface area (Å²) >= 11 is 1.19. The van der Waals surface area contributed by atoms with Crippen molar-refractivity contribution in [2.24, 2.45) is 0 Å². The van der Waals surface area contributed by atoms with Gasteiger partial charge in [-0.05, 0) is 26.0 Å². The summed E-state index contributed by atoms with van der Waals surface area (Å²) in [6.45, 7) is 3.67. The number of rotatable bonds is 6. The number of benzene rings is 1. The summed E-state index contributed by atoms with van der Waals surface area (Å²) in [6.07, 6.45) is 0. The smallest absolute Gasteiger partial charge is 0.271 e. The molecule has 0 saturated heterocycles. The molecule has 0 unspecified atom stereocenters. The van der Waals surface area contributed by atoms with Crippen molar-refractivity contribution in [1.29, 1.82) is 0 Å². The summed E-state index contributed by atoms with van der Waals surface area (Å²) in [6, 6.07) is 8.09. The van der Waals surface area contributed by atoms with Crippen LogP contribution in [0.1, 0.15) is 21.7 Å². The van der Waals surface area contributed by atoms with E-state index in [-0.39, 0.29) is 23.2 Å². The number of H-pyrrole nitrogens is 1. The van der Waals surface area contributed by atoms with Crippen LogP contribution in [0.15, 0.2) is 35.5 Å². The number of non-ortho nitro benzene ring substituents is 1. The first-order valence-corrected chi connectivity index (χ1v) is 8.63. The normalized spacial score (nSPS) is 10.8. The second kappa shape index (κ2) is 7.00. The molecule has 2 heterocycles. The van der Waals surface area contributed by atoms with E-state index >= 15 is 0 Å². The number of aryl methyl sites for hydroxylation is 1. The first-order valence-electron chi connectivity index (χ1n) is 7.64. The van der Waals surface area contributed by atoms with Crippen molar-refractivity contribution in [1.82, 2.24) is 19.7 Å². The van der Waals surface area contributed by atoms with Gasteiger partial charge >= 0.3 is 0 Å². The molecule has 10 heteroatoms. The van der Waals surface area contributed by atoms with E-state index in [4.69, 9.17) is 5.73 Å². The highest BCUT2D eigenvalue weighted by Crippen LogP contribution is 2.25. The Hall–Kier alpha value is -3.14. The van der Waals surface area contributed by atoms with Crippen LogP contribution in [0.2, 0.25) is 0 Å². The number of carbonyl (C=O) groups excluding carboxylic acids is 1. The quantitative estimate of drug-likeness (QED) is 0.294. The fourth-order valence-corrected chi connectivity index (χ4v) is 3.41. The molecule has 0 spiro atoms. The highest BCUT2D eigenvalue weighted by atomic mass is 32.2. The predicted octanol–water partition coefficient (Wildman–Crippen LogP) is 2.68. The number of hydrogen-bond acceptors (Lipinski definition) is 7. The Morgan fingerprint density at radius 2 is 2.15 bits per heavy atom. The largest absolute Gasteiger partial charge is 0.368 e. The van der Waals surface area contributed by atoms with Crippen LogP contribution in [0.4, 0.5) is 11.6 Å². The number of Topliss-reactive ketones (excluding diaryl/α,β-unsaturated/α-hetero) is 1. The van der Waals surface area contributed by atoms with Crippen LogP contribution in [0, 0.1) is 24.0 Å². The highest BCUT2D eigenvalue weighted by Gasteiger charge is 2.18. The summed E-state index contributed by atoms with van der Waals surface area (Å²) in [4.78, 5) is 27.1. The van der Waals surface area contributed by atoms with E-state index in [1.807, 2.05) is 18.4 Å². The van der Waals surface area contributed by atoms with Crippen LogP contribution < -0.4 is 5.73 Å². The molecule has 0 amide bonds. The molecule has 0 bridgehead atoms. The van der Waals surface area contributed by atoms with Crippen molar-refractivity contribution >= 4 is 29.2 Å². The number of aromatic nitrogens is 4. The number of nitrogens with two attached hydrogens (primary N) is 1. The Morgan fingerprint density at radius 1 is 1.38 bits per heavy atom. The first kappa shape index (κ1) is 17.7. The van der Waals surface area contributed by atoms with E-state index in [9.17, 15) is 14.9 Å². The number of nitrogens with zero attached hydrogens (tertiary/aromatic N) is 4. The van der Waals surface area contributed by atoms with Crippen molar-refractivity contribution in [3.05, 3.63) is 57.4 Å². The maximum atomic E-state index is 12.6. The Morgan fingerprint density at radius 3 is 2.81 bits per heavy atom. The molecule has 134 valence electrons. The molecule has 0 aliphatic carbocycles. The van der Waals surface area contributed by atoms with Crippen LogP contribution in [-0.4, -0.2) is 36.2 Å². The minimum absolute atomic E-state index is 0.000581. The maximum absolute atomic E-state index is 12.6. The van der Waals surface area contributed by atoms with Gasteiger partial charge in [0.2, 0.25) is 11.1 Å². The average molecular weight is 372 g/mol. The monoisotopic (exact) mass is 372 g/mol. The fourth-order valence-electron chi connectivity index (χ4n) is 2.72.